The lowest BCUT2D eigenvalue weighted by Gasteiger charge is -2.21. The Morgan fingerprint density at radius 3 is 2.50 bits per heavy atom. The van der Waals surface area contributed by atoms with Crippen LogP contribution in [-0.4, -0.2) is 6.04 Å². The van der Waals surface area contributed by atoms with Gasteiger partial charge in [-0.2, -0.15) is 0 Å². The average Bonchev–Trinajstić information content (AvgIpc) is 2.70. The van der Waals surface area contributed by atoms with Crippen molar-refractivity contribution in [3.8, 4) is 0 Å². The van der Waals surface area contributed by atoms with Gasteiger partial charge < -0.3 is 5.32 Å². The minimum absolute atomic E-state index is 0.490. The third-order valence-electron chi connectivity index (χ3n) is 3.73. The fourth-order valence-electron chi connectivity index (χ4n) is 2.85. The average molecular weight is 217 g/mol. The minimum atomic E-state index is 0.490. The summed E-state index contributed by atoms with van der Waals surface area (Å²) in [4.78, 5) is 0. The van der Waals surface area contributed by atoms with E-state index in [9.17, 15) is 0 Å². The molecule has 88 valence electrons. The van der Waals surface area contributed by atoms with Crippen LogP contribution in [0.1, 0.15) is 55.3 Å². The Bertz CT molecular complexity index is 350. The summed E-state index contributed by atoms with van der Waals surface area (Å²) in [5.74, 6) is 0. The van der Waals surface area contributed by atoms with Crippen molar-refractivity contribution in [2.24, 2.45) is 0 Å². The van der Waals surface area contributed by atoms with Crippen molar-refractivity contribution in [3.63, 3.8) is 0 Å². The monoisotopic (exact) mass is 217 g/mol. The molecule has 0 amide bonds. The highest BCUT2D eigenvalue weighted by molar-refractivity contribution is 5.32. The molecule has 1 N–H and O–H groups in total. The number of rotatable bonds is 3. The van der Waals surface area contributed by atoms with Gasteiger partial charge in [0.05, 0.1) is 0 Å². The molecule has 1 heteroatoms. The van der Waals surface area contributed by atoms with Gasteiger partial charge in [0.25, 0.3) is 0 Å². The Labute approximate surface area is 99.3 Å². The number of nitrogens with one attached hydrogen (secondary N) is 1. The highest BCUT2D eigenvalue weighted by atomic mass is 14.9. The summed E-state index contributed by atoms with van der Waals surface area (Å²) in [7, 11) is 0. The molecule has 1 aromatic carbocycles. The molecule has 1 aromatic rings. The van der Waals surface area contributed by atoms with Crippen molar-refractivity contribution in [1.82, 2.24) is 5.32 Å². The third kappa shape index (κ3) is 2.65. The van der Waals surface area contributed by atoms with Crippen LogP contribution in [0.5, 0.6) is 0 Å². The SMILES string of the molecule is Cc1ccc(C(C)NC2CCCC2)c(C)c1. The Kier molecular flexibility index (Phi) is 3.65. The molecular formula is C15H23N. The van der Waals surface area contributed by atoms with E-state index in [0.717, 1.165) is 6.04 Å². The van der Waals surface area contributed by atoms with Crippen molar-refractivity contribution < 1.29 is 0 Å². The molecule has 1 saturated carbocycles. The molecule has 1 aliphatic carbocycles. The smallest absolute Gasteiger partial charge is 0.0296 e. The molecule has 0 heterocycles. The molecule has 0 aromatic heterocycles. The fraction of sp³-hybridized carbons (Fsp3) is 0.600. The second-order valence-electron chi connectivity index (χ2n) is 5.23. The summed E-state index contributed by atoms with van der Waals surface area (Å²) in [6.07, 6.45) is 5.51. The van der Waals surface area contributed by atoms with Crippen molar-refractivity contribution >= 4 is 0 Å². The molecular weight excluding hydrogens is 194 g/mol. The van der Waals surface area contributed by atoms with Crippen LogP contribution in [-0.2, 0) is 0 Å². The van der Waals surface area contributed by atoms with Gasteiger partial charge in [0.1, 0.15) is 0 Å². The van der Waals surface area contributed by atoms with Crippen LogP contribution in [0.15, 0.2) is 18.2 Å². The highest BCUT2D eigenvalue weighted by Crippen LogP contribution is 2.24. The van der Waals surface area contributed by atoms with Crippen molar-refractivity contribution in [1.29, 1.82) is 0 Å². The molecule has 2 rings (SSSR count). The lowest BCUT2D eigenvalue weighted by atomic mass is 9.99. The summed E-state index contributed by atoms with van der Waals surface area (Å²) in [6.45, 7) is 6.66. The zero-order valence-corrected chi connectivity index (χ0v) is 10.7. The zero-order valence-electron chi connectivity index (χ0n) is 10.7. The molecule has 0 bridgehead atoms. The molecule has 1 fully saturated rings. The third-order valence-corrected chi connectivity index (χ3v) is 3.73. The summed E-state index contributed by atoms with van der Waals surface area (Å²) in [6, 6.07) is 8.01. The van der Waals surface area contributed by atoms with E-state index in [1.165, 1.54) is 42.4 Å². The van der Waals surface area contributed by atoms with E-state index in [0.29, 0.717) is 6.04 Å². The normalized spacial score (nSPS) is 18.9. The zero-order chi connectivity index (χ0) is 11.5. The molecule has 1 unspecified atom stereocenters. The Morgan fingerprint density at radius 2 is 1.88 bits per heavy atom. The molecule has 0 radical (unpaired) electrons. The standard InChI is InChI=1S/C15H23N/c1-11-8-9-15(12(2)10-11)13(3)16-14-6-4-5-7-14/h8-10,13-14,16H,4-7H2,1-3H3. The lowest BCUT2D eigenvalue weighted by molar-refractivity contribution is 0.460. The topological polar surface area (TPSA) is 12.0 Å². The highest BCUT2D eigenvalue weighted by Gasteiger charge is 2.18. The predicted molar refractivity (Wildman–Crippen MR) is 69.7 cm³/mol. The second-order valence-corrected chi connectivity index (χ2v) is 5.23. The summed E-state index contributed by atoms with van der Waals surface area (Å²) < 4.78 is 0. The van der Waals surface area contributed by atoms with E-state index >= 15 is 0 Å². The number of aryl methyl sites for hydroxylation is 2. The first kappa shape index (κ1) is 11.7. The van der Waals surface area contributed by atoms with Crippen LogP contribution >= 0.6 is 0 Å². The Morgan fingerprint density at radius 1 is 1.19 bits per heavy atom. The van der Waals surface area contributed by atoms with Gasteiger partial charge in [-0.15, -0.1) is 0 Å². The molecule has 1 aliphatic rings. The van der Waals surface area contributed by atoms with Crippen LogP contribution in [0.4, 0.5) is 0 Å². The van der Waals surface area contributed by atoms with E-state index in [1.807, 2.05) is 0 Å². The Hall–Kier alpha value is -0.820. The largest absolute Gasteiger partial charge is 0.307 e. The van der Waals surface area contributed by atoms with Gasteiger partial charge in [0.15, 0.2) is 0 Å². The summed E-state index contributed by atoms with van der Waals surface area (Å²) in [5, 5.41) is 3.76. The molecule has 0 aliphatic heterocycles. The maximum atomic E-state index is 3.76. The van der Waals surface area contributed by atoms with E-state index in [4.69, 9.17) is 0 Å². The minimum Gasteiger partial charge on any atom is -0.307 e. The van der Waals surface area contributed by atoms with Gasteiger partial charge in [-0.25, -0.2) is 0 Å². The van der Waals surface area contributed by atoms with Gasteiger partial charge in [-0.1, -0.05) is 36.6 Å². The van der Waals surface area contributed by atoms with Crippen molar-refractivity contribution in [3.05, 3.63) is 34.9 Å². The van der Waals surface area contributed by atoms with E-state index in [1.54, 1.807) is 0 Å². The molecule has 0 spiro atoms. The Balaban J connectivity index is 2.04. The lowest BCUT2D eigenvalue weighted by Crippen LogP contribution is -2.29. The first-order valence-electron chi connectivity index (χ1n) is 6.50. The van der Waals surface area contributed by atoms with Crippen LogP contribution in [0.2, 0.25) is 0 Å². The molecule has 0 saturated heterocycles. The molecule has 16 heavy (non-hydrogen) atoms. The van der Waals surface area contributed by atoms with Crippen LogP contribution in [0.3, 0.4) is 0 Å². The molecule has 1 atom stereocenters. The van der Waals surface area contributed by atoms with Crippen molar-refractivity contribution in [2.45, 2.75) is 58.5 Å². The van der Waals surface area contributed by atoms with E-state index in [-0.39, 0.29) is 0 Å². The summed E-state index contributed by atoms with van der Waals surface area (Å²) >= 11 is 0. The number of hydrogen-bond acceptors (Lipinski definition) is 1. The fourth-order valence-corrected chi connectivity index (χ4v) is 2.85. The van der Waals surface area contributed by atoms with Gasteiger partial charge >= 0.3 is 0 Å². The van der Waals surface area contributed by atoms with E-state index < -0.39 is 0 Å². The maximum Gasteiger partial charge on any atom is 0.0296 e. The van der Waals surface area contributed by atoms with Gasteiger partial charge in [0.2, 0.25) is 0 Å². The van der Waals surface area contributed by atoms with E-state index in [2.05, 4.69) is 44.3 Å². The van der Waals surface area contributed by atoms with Gasteiger partial charge in [-0.3, -0.25) is 0 Å². The second kappa shape index (κ2) is 5.01. The van der Waals surface area contributed by atoms with Crippen molar-refractivity contribution in [2.75, 3.05) is 0 Å². The predicted octanol–water partition coefficient (Wildman–Crippen LogP) is 3.90. The van der Waals surface area contributed by atoms with Crippen LogP contribution < -0.4 is 5.32 Å². The quantitative estimate of drug-likeness (QED) is 0.809. The van der Waals surface area contributed by atoms with Crippen LogP contribution in [0.25, 0.3) is 0 Å². The molecule has 1 nitrogen and oxygen atoms in total. The first-order valence-corrected chi connectivity index (χ1v) is 6.50. The van der Waals surface area contributed by atoms with Gasteiger partial charge in [0, 0.05) is 12.1 Å². The number of hydrogen-bond donors (Lipinski definition) is 1. The summed E-state index contributed by atoms with van der Waals surface area (Å²) in [5.41, 5.74) is 4.23. The van der Waals surface area contributed by atoms with Gasteiger partial charge in [-0.05, 0) is 44.7 Å². The number of benzene rings is 1. The maximum absolute atomic E-state index is 3.76. The first-order chi connectivity index (χ1) is 7.66. The van der Waals surface area contributed by atoms with Crippen LogP contribution in [0, 0.1) is 13.8 Å².